The predicted octanol–water partition coefficient (Wildman–Crippen LogP) is -7.81. The van der Waals surface area contributed by atoms with E-state index in [1.165, 1.54) is 6.92 Å². The van der Waals surface area contributed by atoms with Crippen LogP contribution in [0.1, 0.15) is 125 Å². The largest absolute Gasteiger partial charge is 0.480 e. The number of phosphoric acid groups is 1. The van der Waals surface area contributed by atoms with Gasteiger partial charge in [0.1, 0.15) is 54.4 Å². The molecule has 500 valence electrons. The summed E-state index contributed by atoms with van der Waals surface area (Å²) >= 11 is 0. The topological polar surface area (TPSA) is 639 Å². The molecule has 0 spiro atoms. The van der Waals surface area contributed by atoms with Gasteiger partial charge >= 0.3 is 13.8 Å². The van der Waals surface area contributed by atoms with Crippen LogP contribution >= 0.6 is 7.82 Å². The van der Waals surface area contributed by atoms with E-state index < -0.39 is 146 Å². The highest BCUT2D eigenvalue weighted by molar-refractivity contribution is 7.46. The summed E-state index contributed by atoms with van der Waals surface area (Å²) < 4.78 is 16.4. The summed E-state index contributed by atoms with van der Waals surface area (Å²) in [6, 6.07) is -15.5. The zero-order valence-corrected chi connectivity index (χ0v) is 51.1. The van der Waals surface area contributed by atoms with Crippen molar-refractivity contribution < 1.29 is 82.1 Å². The summed E-state index contributed by atoms with van der Waals surface area (Å²) in [6.07, 6.45) is -1.52. The molecule has 0 aliphatic rings. The third-order valence-electron chi connectivity index (χ3n) is 12.9. The molecule has 0 aromatic heterocycles. The highest BCUT2D eigenvalue weighted by atomic mass is 31.2. The Morgan fingerprint density at radius 2 is 0.793 bits per heavy atom. The molecule has 0 aromatic carbocycles. The average molecular weight is 1270 g/mol. The number of guanidine groups is 2. The maximum atomic E-state index is 14.4. The molecule has 0 aromatic rings. The van der Waals surface area contributed by atoms with Gasteiger partial charge in [-0.3, -0.25) is 57.7 Å². The molecule has 0 radical (unpaired) electrons. The number of aliphatic imine (C=N–C) groups is 2. The second kappa shape index (κ2) is 42.9. The third kappa shape index (κ3) is 34.9. The minimum absolute atomic E-state index is 0.0190. The summed E-state index contributed by atoms with van der Waals surface area (Å²) in [7, 11) is -5.38. The lowest BCUT2D eigenvalue weighted by Gasteiger charge is -2.29. The first kappa shape index (κ1) is 80.1. The van der Waals surface area contributed by atoms with Gasteiger partial charge in [0.15, 0.2) is 11.9 Å². The summed E-state index contributed by atoms with van der Waals surface area (Å²) in [5.74, 6) is -11.5. The highest BCUT2D eigenvalue weighted by Crippen LogP contribution is 2.35. The number of carbonyl (C=O) groups is 10. The minimum Gasteiger partial charge on any atom is -0.480 e. The lowest BCUT2D eigenvalue weighted by molar-refractivity contribution is -0.142. The number of aliphatic hydroxyl groups is 2. The number of nitrogens with one attached hydrogen (secondary N) is 9. The van der Waals surface area contributed by atoms with E-state index in [4.69, 9.17) is 45.9 Å². The number of carbonyl (C=O) groups excluding carboxylic acids is 9. The molecule has 0 saturated carbocycles. The van der Waals surface area contributed by atoms with Crippen molar-refractivity contribution in [1.82, 2.24) is 47.9 Å². The predicted molar refractivity (Wildman–Crippen MR) is 318 cm³/mol. The smallest absolute Gasteiger partial charge is 0.469 e. The van der Waals surface area contributed by atoms with Gasteiger partial charge < -0.3 is 119 Å². The maximum absolute atomic E-state index is 14.4. The zero-order valence-electron chi connectivity index (χ0n) is 50.2. The molecule has 0 bridgehead atoms. The number of aliphatic hydroxyl groups excluding tert-OH is 2. The van der Waals surface area contributed by atoms with E-state index in [9.17, 15) is 77.6 Å². The standard InChI is InChI=1S/C50H98N19O17P/c1-26(2)24-35(44(77)65-34(48(81)82)18-13-23-60-50(57)58)66-46(79)38(29(5)71)69-43(76)33(17-12-22-59-49(55)56)63-41(74)31(15-7-10-20-52)62-42(75)32(16-8-11-21-53)64-45(78)36(25-86-87(83,84)85)67-47(80)37(28(4)70)68-39(72)27(3)61-40(73)30(54)14-6-9-19-51/h26-38,70-71H,6-25,51-54H2,1-5H3,(H,61,73)(H,62,75)(H,63,74)(H,64,78)(H,65,77)(H,66,79)(H,67,80)(H,68,72)(H,69,76)(H,81,82)(H4,55,56,59)(H4,57,58,60)(H2,83,84,85)/t27-,28+,29+,30-,31-,32-,33-,34-,35-,36-,37-,38-/m0/s1. The van der Waals surface area contributed by atoms with Gasteiger partial charge in [0.05, 0.1) is 24.9 Å². The van der Waals surface area contributed by atoms with E-state index in [1.54, 1.807) is 13.8 Å². The van der Waals surface area contributed by atoms with Gasteiger partial charge in [-0.2, -0.15) is 0 Å². The van der Waals surface area contributed by atoms with Crippen molar-refractivity contribution in [3.63, 3.8) is 0 Å². The quantitative estimate of drug-likeness (QED) is 0.0116. The first-order valence-corrected chi connectivity index (χ1v) is 30.2. The molecule has 0 saturated heterocycles. The van der Waals surface area contributed by atoms with Crippen LogP contribution in [-0.2, 0) is 57.0 Å². The SMILES string of the molecule is CC(C)C[C@H](NC(=O)[C@@H](NC(=O)[C@H](CCCN=C(N)N)NC(=O)[C@H](CCCCN)NC(=O)[C@H](CCCCN)NC(=O)[C@H](COP(=O)(O)O)NC(=O)[C@@H](NC(=O)[C@H](C)NC(=O)[C@@H](N)CCCCN)[C@@H](C)O)[C@@H](C)O)C(=O)N[C@@H](CCCN=C(N)N)C(=O)O. The Labute approximate surface area is 505 Å². The van der Waals surface area contributed by atoms with Crippen LogP contribution in [0.3, 0.4) is 0 Å². The Morgan fingerprint density at radius 3 is 1.18 bits per heavy atom. The number of nitrogens with two attached hydrogens (primary N) is 8. The summed E-state index contributed by atoms with van der Waals surface area (Å²) in [5, 5.41) is 52.8. The fraction of sp³-hybridized carbons (Fsp3) is 0.760. The van der Waals surface area contributed by atoms with Crippen LogP contribution < -0.4 is 93.7 Å². The van der Waals surface area contributed by atoms with E-state index in [0.717, 1.165) is 13.8 Å². The van der Waals surface area contributed by atoms with Crippen molar-refractivity contribution in [1.29, 1.82) is 0 Å². The Kier molecular flexibility index (Phi) is 39.5. The van der Waals surface area contributed by atoms with Crippen molar-refractivity contribution >= 4 is 78.9 Å². The van der Waals surface area contributed by atoms with Gasteiger partial charge in [-0.05, 0) is 130 Å². The number of hydrogen-bond donors (Lipinski definition) is 22. The number of rotatable bonds is 46. The molecule has 36 nitrogen and oxygen atoms in total. The summed E-state index contributed by atoms with van der Waals surface area (Å²) in [5.41, 5.74) is 44.6. The number of carboxylic acids is 1. The molecule has 9 amide bonds. The Balaban J connectivity index is 7.00. The molecule has 0 aliphatic heterocycles. The van der Waals surface area contributed by atoms with Crippen LogP contribution in [0, 0.1) is 5.92 Å². The zero-order chi connectivity index (χ0) is 66.6. The van der Waals surface area contributed by atoms with Gasteiger partial charge in [-0.25, -0.2) is 9.36 Å². The number of hydrogen-bond acceptors (Lipinski definition) is 20. The first-order chi connectivity index (χ1) is 40.7. The van der Waals surface area contributed by atoms with Crippen molar-refractivity contribution in [3.8, 4) is 0 Å². The number of amides is 9. The van der Waals surface area contributed by atoms with Crippen LogP contribution in [0.15, 0.2) is 9.98 Å². The van der Waals surface area contributed by atoms with Gasteiger partial charge in [-0.15, -0.1) is 0 Å². The Morgan fingerprint density at radius 1 is 0.448 bits per heavy atom. The number of unbranched alkanes of at least 4 members (excludes halogenated alkanes) is 3. The van der Waals surface area contributed by atoms with E-state index in [1.807, 2.05) is 0 Å². The molecule has 37 heteroatoms. The minimum atomic E-state index is -5.38. The van der Waals surface area contributed by atoms with Crippen molar-refractivity contribution in [3.05, 3.63) is 0 Å². The Bertz CT molecular complexity index is 2310. The first-order valence-electron chi connectivity index (χ1n) is 28.7. The van der Waals surface area contributed by atoms with Crippen molar-refractivity contribution in [2.24, 2.45) is 61.8 Å². The lowest BCUT2D eigenvalue weighted by atomic mass is 10.0. The monoisotopic (exact) mass is 1270 g/mol. The Hall–Kier alpha value is -6.89. The fourth-order valence-electron chi connectivity index (χ4n) is 8.09. The van der Waals surface area contributed by atoms with Gasteiger partial charge in [0.25, 0.3) is 0 Å². The third-order valence-corrected chi connectivity index (χ3v) is 13.3. The average Bonchev–Trinajstić information content (AvgIpc) is 2.61. The molecular formula is C50H98N19O17P. The second-order valence-corrected chi connectivity index (χ2v) is 22.4. The summed E-state index contributed by atoms with van der Waals surface area (Å²) in [6.45, 7) is 6.32. The fourth-order valence-corrected chi connectivity index (χ4v) is 8.44. The molecule has 12 atom stereocenters. The molecule has 30 N–H and O–H groups in total. The summed E-state index contributed by atoms with van der Waals surface area (Å²) in [4.78, 5) is 163. The van der Waals surface area contributed by atoms with E-state index in [-0.39, 0.29) is 115 Å². The number of carboxylic acid groups (broad SMARTS) is 1. The molecule has 0 fully saturated rings. The molecule has 0 aliphatic carbocycles. The number of phosphoric ester groups is 1. The van der Waals surface area contributed by atoms with Crippen LogP contribution in [0.2, 0.25) is 0 Å². The lowest BCUT2D eigenvalue weighted by Crippen LogP contribution is -2.62. The van der Waals surface area contributed by atoms with E-state index >= 15 is 0 Å². The van der Waals surface area contributed by atoms with E-state index in [2.05, 4.69) is 62.4 Å². The molecule has 0 heterocycles. The number of aliphatic carboxylic acids is 1. The van der Waals surface area contributed by atoms with Gasteiger partial charge in [0.2, 0.25) is 53.2 Å². The number of nitrogens with zero attached hydrogens (tertiary/aromatic N) is 2. The van der Waals surface area contributed by atoms with Crippen molar-refractivity contribution in [2.45, 2.75) is 197 Å². The van der Waals surface area contributed by atoms with E-state index in [0.29, 0.717) is 25.8 Å². The molecule has 0 rings (SSSR count). The highest BCUT2D eigenvalue weighted by Gasteiger charge is 2.38. The van der Waals surface area contributed by atoms with Crippen molar-refractivity contribution in [2.75, 3.05) is 39.3 Å². The normalized spacial score (nSPS) is 15.5. The van der Waals surface area contributed by atoms with Crippen LogP contribution in [-0.4, -0.2) is 208 Å². The second-order valence-electron chi connectivity index (χ2n) is 21.2. The van der Waals surface area contributed by atoms with Crippen LogP contribution in [0.25, 0.3) is 0 Å². The maximum Gasteiger partial charge on any atom is 0.469 e. The van der Waals surface area contributed by atoms with Crippen LogP contribution in [0.4, 0.5) is 0 Å². The van der Waals surface area contributed by atoms with Gasteiger partial charge in [-0.1, -0.05) is 20.3 Å². The molecular weight excluding hydrogens is 1170 g/mol. The van der Waals surface area contributed by atoms with Gasteiger partial charge in [0, 0.05) is 13.1 Å². The van der Waals surface area contributed by atoms with Crippen LogP contribution in [0.5, 0.6) is 0 Å². The molecule has 0 unspecified atom stereocenters. The molecule has 87 heavy (non-hydrogen) atoms.